The number of hydrogen-bond donors (Lipinski definition) is 1. The molecule has 2 nitrogen and oxygen atoms in total. The number of rotatable bonds is 3. The van der Waals surface area contributed by atoms with Crippen LogP contribution in [0.2, 0.25) is 0 Å². The number of hydrogen-bond acceptors (Lipinski definition) is 3. The molecule has 88 valence electrons. The van der Waals surface area contributed by atoms with Crippen LogP contribution >= 0.6 is 11.3 Å². The molecule has 1 aliphatic rings. The Morgan fingerprint density at radius 2 is 2.29 bits per heavy atom. The molecule has 0 spiro atoms. The van der Waals surface area contributed by atoms with Gasteiger partial charge in [0.05, 0.1) is 11.1 Å². The van der Waals surface area contributed by atoms with Crippen molar-refractivity contribution in [1.82, 2.24) is 4.98 Å². The molecule has 17 heavy (non-hydrogen) atoms. The third-order valence-corrected chi connectivity index (χ3v) is 4.31. The van der Waals surface area contributed by atoms with Gasteiger partial charge < -0.3 is 5.11 Å². The Morgan fingerprint density at radius 3 is 3.12 bits per heavy atom. The zero-order chi connectivity index (χ0) is 11.7. The van der Waals surface area contributed by atoms with Crippen LogP contribution in [0.15, 0.2) is 35.8 Å². The molecule has 1 aliphatic carbocycles. The summed E-state index contributed by atoms with van der Waals surface area (Å²) < 4.78 is 0. The smallest absolute Gasteiger partial charge is 0.0950 e. The largest absolute Gasteiger partial charge is 0.392 e. The van der Waals surface area contributed by atoms with Gasteiger partial charge in [0.25, 0.3) is 0 Å². The molecular weight excluding hydrogens is 230 g/mol. The second-order valence-corrected chi connectivity index (χ2v) is 5.52. The van der Waals surface area contributed by atoms with Gasteiger partial charge in [-0.25, -0.2) is 4.98 Å². The van der Waals surface area contributed by atoms with Crippen LogP contribution in [0.25, 0.3) is 0 Å². The first-order chi connectivity index (χ1) is 8.34. The Morgan fingerprint density at radius 1 is 1.41 bits per heavy atom. The molecule has 1 aromatic heterocycles. The fourth-order valence-corrected chi connectivity index (χ4v) is 3.33. The zero-order valence-electron chi connectivity index (χ0n) is 9.54. The molecule has 0 amide bonds. The zero-order valence-corrected chi connectivity index (χ0v) is 10.4. The molecule has 0 bridgehead atoms. The van der Waals surface area contributed by atoms with Crippen LogP contribution in [0, 0.1) is 0 Å². The van der Waals surface area contributed by atoms with Crippen molar-refractivity contribution in [1.29, 1.82) is 0 Å². The Labute approximate surface area is 105 Å². The lowest BCUT2D eigenvalue weighted by molar-refractivity contribution is 0.143. The molecule has 0 aliphatic heterocycles. The lowest BCUT2D eigenvalue weighted by atomic mass is 9.93. The van der Waals surface area contributed by atoms with Crippen molar-refractivity contribution in [3.8, 4) is 0 Å². The summed E-state index contributed by atoms with van der Waals surface area (Å²) >= 11 is 1.62. The minimum absolute atomic E-state index is 0.287. The molecule has 2 atom stereocenters. The summed E-state index contributed by atoms with van der Waals surface area (Å²) in [7, 11) is 0. The van der Waals surface area contributed by atoms with E-state index in [-0.39, 0.29) is 12.0 Å². The third-order valence-electron chi connectivity index (χ3n) is 3.51. The van der Waals surface area contributed by atoms with E-state index in [4.69, 9.17) is 0 Å². The van der Waals surface area contributed by atoms with Gasteiger partial charge in [-0.3, -0.25) is 0 Å². The van der Waals surface area contributed by atoms with Gasteiger partial charge in [0, 0.05) is 23.9 Å². The van der Waals surface area contributed by atoms with Gasteiger partial charge in [0.2, 0.25) is 0 Å². The number of aromatic nitrogens is 1. The van der Waals surface area contributed by atoms with E-state index >= 15 is 0 Å². The maximum Gasteiger partial charge on any atom is 0.0950 e. The average Bonchev–Trinajstić information content (AvgIpc) is 2.96. The average molecular weight is 245 g/mol. The first kappa shape index (κ1) is 10.9. The van der Waals surface area contributed by atoms with E-state index in [0.29, 0.717) is 6.42 Å². The van der Waals surface area contributed by atoms with E-state index < -0.39 is 0 Å². The van der Waals surface area contributed by atoms with Crippen molar-refractivity contribution >= 4 is 11.3 Å². The Bertz CT molecular complexity index is 495. The van der Waals surface area contributed by atoms with E-state index in [0.717, 1.165) is 17.8 Å². The molecule has 2 unspecified atom stereocenters. The van der Waals surface area contributed by atoms with Crippen molar-refractivity contribution in [3.05, 3.63) is 52.0 Å². The highest BCUT2D eigenvalue weighted by Gasteiger charge is 2.28. The Balaban J connectivity index is 1.78. The maximum absolute atomic E-state index is 10.3. The highest BCUT2D eigenvalue weighted by Crippen LogP contribution is 2.36. The summed E-state index contributed by atoms with van der Waals surface area (Å²) in [5.41, 5.74) is 2.73. The van der Waals surface area contributed by atoms with Crippen LogP contribution < -0.4 is 0 Å². The molecule has 1 heterocycles. The van der Waals surface area contributed by atoms with Crippen LogP contribution in [-0.2, 0) is 12.8 Å². The van der Waals surface area contributed by atoms with Crippen LogP contribution in [-0.4, -0.2) is 16.2 Å². The summed E-state index contributed by atoms with van der Waals surface area (Å²) in [6.07, 6.45) is 4.33. The normalized spacial score (nSPS) is 20.2. The molecule has 0 saturated carbocycles. The first-order valence-electron chi connectivity index (χ1n) is 5.99. The lowest BCUT2D eigenvalue weighted by Gasteiger charge is -2.18. The number of benzene rings is 1. The van der Waals surface area contributed by atoms with Gasteiger partial charge in [-0.05, 0) is 24.0 Å². The number of fused-ring (bicyclic) bond motifs is 1. The van der Waals surface area contributed by atoms with Gasteiger partial charge in [-0.15, -0.1) is 11.3 Å². The minimum Gasteiger partial charge on any atom is -0.392 e. The summed E-state index contributed by atoms with van der Waals surface area (Å²) in [5.74, 6) is 0.287. The van der Waals surface area contributed by atoms with Crippen LogP contribution in [0.5, 0.6) is 0 Å². The molecule has 3 heteroatoms. The van der Waals surface area contributed by atoms with Gasteiger partial charge in [0.1, 0.15) is 0 Å². The van der Waals surface area contributed by atoms with Crippen LogP contribution in [0.4, 0.5) is 0 Å². The van der Waals surface area contributed by atoms with Crippen molar-refractivity contribution < 1.29 is 5.11 Å². The minimum atomic E-state index is -0.301. The number of thiazole rings is 1. The molecule has 2 aromatic rings. The van der Waals surface area contributed by atoms with Crippen LogP contribution in [0.3, 0.4) is 0 Å². The molecule has 0 saturated heterocycles. The summed E-state index contributed by atoms with van der Waals surface area (Å²) in [4.78, 5) is 4.24. The van der Waals surface area contributed by atoms with Gasteiger partial charge in [-0.1, -0.05) is 24.3 Å². The van der Waals surface area contributed by atoms with E-state index in [2.05, 4.69) is 29.2 Å². The highest BCUT2D eigenvalue weighted by molar-refractivity contribution is 7.09. The third kappa shape index (κ3) is 2.13. The predicted octanol–water partition coefficient (Wildman–Crippen LogP) is 2.78. The van der Waals surface area contributed by atoms with Crippen LogP contribution in [0.1, 0.15) is 28.5 Å². The number of aliphatic hydroxyl groups is 1. The number of aryl methyl sites for hydroxylation is 1. The molecule has 3 rings (SSSR count). The highest BCUT2D eigenvalue weighted by atomic mass is 32.1. The fourth-order valence-electron chi connectivity index (χ4n) is 2.66. The predicted molar refractivity (Wildman–Crippen MR) is 69.3 cm³/mol. The van der Waals surface area contributed by atoms with E-state index in [1.165, 1.54) is 11.1 Å². The molecule has 1 N–H and O–H groups in total. The van der Waals surface area contributed by atoms with Crippen molar-refractivity contribution in [2.24, 2.45) is 0 Å². The van der Waals surface area contributed by atoms with Crippen molar-refractivity contribution in [2.45, 2.75) is 31.3 Å². The Kier molecular flexibility index (Phi) is 2.95. The van der Waals surface area contributed by atoms with E-state index in [9.17, 15) is 5.11 Å². The van der Waals surface area contributed by atoms with Gasteiger partial charge in [0.15, 0.2) is 0 Å². The quantitative estimate of drug-likeness (QED) is 0.902. The maximum atomic E-state index is 10.3. The number of nitrogens with zero attached hydrogens (tertiary/aromatic N) is 1. The van der Waals surface area contributed by atoms with Crippen molar-refractivity contribution in [2.75, 3.05) is 0 Å². The SMILES string of the molecule is OC(Cc1nccs1)C1CCc2ccccc21. The summed E-state index contributed by atoms with van der Waals surface area (Å²) in [5, 5.41) is 13.3. The summed E-state index contributed by atoms with van der Waals surface area (Å²) in [6, 6.07) is 8.46. The van der Waals surface area contributed by atoms with Gasteiger partial charge in [-0.2, -0.15) is 0 Å². The second-order valence-electron chi connectivity index (χ2n) is 4.54. The molecule has 0 radical (unpaired) electrons. The first-order valence-corrected chi connectivity index (χ1v) is 6.87. The monoisotopic (exact) mass is 245 g/mol. The standard InChI is InChI=1S/C14H15NOS/c16-13(9-14-15-7-8-17-14)12-6-5-10-3-1-2-4-11(10)12/h1-4,7-8,12-13,16H,5-6,9H2. The van der Waals surface area contributed by atoms with Gasteiger partial charge >= 0.3 is 0 Å². The lowest BCUT2D eigenvalue weighted by Crippen LogP contribution is -2.19. The fraction of sp³-hybridized carbons (Fsp3) is 0.357. The summed E-state index contributed by atoms with van der Waals surface area (Å²) in [6.45, 7) is 0. The second kappa shape index (κ2) is 4.59. The Hall–Kier alpha value is -1.19. The molecule has 1 aromatic carbocycles. The van der Waals surface area contributed by atoms with E-state index in [1.807, 2.05) is 5.38 Å². The number of aliphatic hydroxyl groups excluding tert-OH is 1. The molecule has 0 fully saturated rings. The molecular formula is C14H15NOS. The van der Waals surface area contributed by atoms with E-state index in [1.54, 1.807) is 17.5 Å². The topological polar surface area (TPSA) is 33.1 Å². The van der Waals surface area contributed by atoms with Crippen molar-refractivity contribution in [3.63, 3.8) is 0 Å².